The smallest absolute Gasteiger partial charge is 0.251 e. The number of aryl methyl sites for hydroxylation is 2. The van der Waals surface area contributed by atoms with Crippen LogP contribution in [-0.4, -0.2) is 9.97 Å². The van der Waals surface area contributed by atoms with Crippen LogP contribution in [0.25, 0.3) is 0 Å². The zero-order valence-electron chi connectivity index (χ0n) is 11.5. The van der Waals surface area contributed by atoms with Crippen LogP contribution in [0.15, 0.2) is 41.2 Å². The lowest BCUT2D eigenvalue weighted by molar-refractivity contribution is 0.628. The van der Waals surface area contributed by atoms with E-state index in [1.54, 1.807) is 6.07 Å². The Morgan fingerprint density at radius 1 is 1.16 bits per heavy atom. The number of aromatic amines is 1. The second kappa shape index (κ2) is 6.32. The fraction of sp³-hybridized carbons (Fsp3) is 0.375. The van der Waals surface area contributed by atoms with Crippen LogP contribution < -0.4 is 5.56 Å². The molecule has 1 N–H and O–H groups in total. The van der Waals surface area contributed by atoms with Crippen molar-refractivity contribution in [2.45, 2.75) is 33.1 Å². The average Bonchev–Trinajstić information content (AvgIpc) is 2.36. The van der Waals surface area contributed by atoms with E-state index in [1.807, 2.05) is 18.2 Å². The molecule has 0 aliphatic heterocycles. The predicted octanol–water partition coefficient (Wildman–Crippen LogP) is 2.75. The molecule has 0 fully saturated rings. The number of aromatic nitrogens is 2. The van der Waals surface area contributed by atoms with E-state index in [-0.39, 0.29) is 5.56 Å². The molecule has 0 aliphatic rings. The molecule has 1 aromatic heterocycles. The largest absolute Gasteiger partial charge is 0.311 e. The number of rotatable bonds is 5. The molecule has 2 aromatic rings. The first-order valence-corrected chi connectivity index (χ1v) is 6.76. The molecule has 0 spiro atoms. The van der Waals surface area contributed by atoms with Gasteiger partial charge in [0, 0.05) is 18.2 Å². The first-order valence-electron chi connectivity index (χ1n) is 6.76. The summed E-state index contributed by atoms with van der Waals surface area (Å²) in [6.07, 6.45) is 2.52. The van der Waals surface area contributed by atoms with Crippen molar-refractivity contribution in [2.75, 3.05) is 0 Å². The molecule has 0 aliphatic carbocycles. The third-order valence-corrected chi connectivity index (χ3v) is 2.95. The maximum atomic E-state index is 11.6. The van der Waals surface area contributed by atoms with Crippen molar-refractivity contribution in [1.29, 1.82) is 0 Å². The zero-order chi connectivity index (χ0) is 13.7. The van der Waals surface area contributed by atoms with Gasteiger partial charge in [-0.25, -0.2) is 4.98 Å². The van der Waals surface area contributed by atoms with E-state index in [4.69, 9.17) is 0 Å². The van der Waals surface area contributed by atoms with Gasteiger partial charge in [0.25, 0.3) is 5.56 Å². The van der Waals surface area contributed by atoms with Crippen molar-refractivity contribution in [3.8, 4) is 0 Å². The van der Waals surface area contributed by atoms with Crippen LogP contribution in [0, 0.1) is 5.92 Å². The minimum absolute atomic E-state index is 0.0475. The van der Waals surface area contributed by atoms with Crippen molar-refractivity contribution >= 4 is 0 Å². The van der Waals surface area contributed by atoms with Crippen molar-refractivity contribution in [1.82, 2.24) is 9.97 Å². The SMILES string of the molecule is CC(C)Cc1cc(=O)[nH]c(CCc2ccccc2)n1. The molecule has 0 saturated carbocycles. The van der Waals surface area contributed by atoms with E-state index in [1.165, 1.54) is 5.56 Å². The maximum absolute atomic E-state index is 11.6. The molecule has 100 valence electrons. The molecule has 0 unspecified atom stereocenters. The average molecular weight is 256 g/mol. The lowest BCUT2D eigenvalue weighted by Gasteiger charge is -2.06. The Labute approximate surface area is 113 Å². The van der Waals surface area contributed by atoms with Gasteiger partial charge in [-0.3, -0.25) is 4.79 Å². The van der Waals surface area contributed by atoms with E-state index >= 15 is 0 Å². The summed E-state index contributed by atoms with van der Waals surface area (Å²) in [4.78, 5) is 19.0. The van der Waals surface area contributed by atoms with Gasteiger partial charge >= 0.3 is 0 Å². The van der Waals surface area contributed by atoms with Gasteiger partial charge in [-0.1, -0.05) is 44.2 Å². The van der Waals surface area contributed by atoms with Gasteiger partial charge in [-0.2, -0.15) is 0 Å². The third kappa shape index (κ3) is 4.36. The first kappa shape index (κ1) is 13.5. The van der Waals surface area contributed by atoms with E-state index < -0.39 is 0 Å². The fourth-order valence-corrected chi connectivity index (χ4v) is 2.11. The predicted molar refractivity (Wildman–Crippen MR) is 77.2 cm³/mol. The van der Waals surface area contributed by atoms with Gasteiger partial charge in [-0.05, 0) is 24.3 Å². The Hall–Kier alpha value is -1.90. The molecular formula is C16H20N2O. The van der Waals surface area contributed by atoms with E-state index in [9.17, 15) is 4.79 Å². The van der Waals surface area contributed by atoms with Crippen molar-refractivity contribution in [2.24, 2.45) is 5.92 Å². The Kier molecular flexibility index (Phi) is 4.50. The quantitative estimate of drug-likeness (QED) is 0.894. The van der Waals surface area contributed by atoms with Crippen LogP contribution in [0.3, 0.4) is 0 Å². The fourth-order valence-electron chi connectivity index (χ4n) is 2.11. The van der Waals surface area contributed by atoms with Crippen LogP contribution in [0.5, 0.6) is 0 Å². The number of hydrogen-bond acceptors (Lipinski definition) is 2. The number of nitrogens with one attached hydrogen (secondary N) is 1. The number of benzene rings is 1. The summed E-state index contributed by atoms with van der Waals surface area (Å²) in [5.74, 6) is 1.29. The van der Waals surface area contributed by atoms with Gasteiger partial charge in [0.15, 0.2) is 0 Å². The highest BCUT2D eigenvalue weighted by Crippen LogP contribution is 2.06. The summed E-state index contributed by atoms with van der Waals surface area (Å²) in [7, 11) is 0. The minimum Gasteiger partial charge on any atom is -0.311 e. The molecule has 3 nitrogen and oxygen atoms in total. The molecule has 2 rings (SSSR count). The maximum Gasteiger partial charge on any atom is 0.251 e. The lowest BCUT2D eigenvalue weighted by Crippen LogP contribution is -2.14. The molecule has 1 aromatic carbocycles. The van der Waals surface area contributed by atoms with Gasteiger partial charge < -0.3 is 4.98 Å². The summed E-state index contributed by atoms with van der Waals surface area (Å²) in [5.41, 5.74) is 2.11. The highest BCUT2D eigenvalue weighted by atomic mass is 16.1. The summed E-state index contributed by atoms with van der Waals surface area (Å²) < 4.78 is 0. The van der Waals surface area contributed by atoms with Crippen molar-refractivity contribution in [3.05, 3.63) is 63.8 Å². The van der Waals surface area contributed by atoms with Gasteiger partial charge in [-0.15, -0.1) is 0 Å². The topological polar surface area (TPSA) is 45.8 Å². The van der Waals surface area contributed by atoms with Crippen LogP contribution in [0.4, 0.5) is 0 Å². The highest BCUT2D eigenvalue weighted by molar-refractivity contribution is 5.15. The minimum atomic E-state index is -0.0475. The van der Waals surface area contributed by atoms with Crippen LogP contribution in [0.2, 0.25) is 0 Å². The second-order valence-corrected chi connectivity index (χ2v) is 5.27. The van der Waals surface area contributed by atoms with Crippen LogP contribution in [-0.2, 0) is 19.3 Å². The first-order chi connectivity index (χ1) is 9.13. The molecule has 3 heteroatoms. The number of H-pyrrole nitrogens is 1. The number of hydrogen-bond donors (Lipinski definition) is 1. The Morgan fingerprint density at radius 2 is 1.89 bits per heavy atom. The molecule has 1 heterocycles. The molecule has 19 heavy (non-hydrogen) atoms. The summed E-state index contributed by atoms with van der Waals surface area (Å²) in [6, 6.07) is 11.9. The molecular weight excluding hydrogens is 236 g/mol. The van der Waals surface area contributed by atoms with E-state index in [0.717, 1.165) is 30.8 Å². The van der Waals surface area contributed by atoms with Crippen LogP contribution >= 0.6 is 0 Å². The Bertz CT molecular complexity index is 573. The third-order valence-electron chi connectivity index (χ3n) is 2.95. The Morgan fingerprint density at radius 3 is 2.58 bits per heavy atom. The van der Waals surface area contributed by atoms with Crippen LogP contribution in [0.1, 0.15) is 30.9 Å². The second-order valence-electron chi connectivity index (χ2n) is 5.27. The van der Waals surface area contributed by atoms with Gasteiger partial charge in [0.1, 0.15) is 5.82 Å². The molecule has 0 amide bonds. The Balaban J connectivity index is 2.08. The molecule has 0 atom stereocenters. The highest BCUT2D eigenvalue weighted by Gasteiger charge is 2.04. The lowest BCUT2D eigenvalue weighted by atomic mass is 10.1. The van der Waals surface area contributed by atoms with Gasteiger partial charge in [0.05, 0.1) is 0 Å². The molecule has 0 bridgehead atoms. The normalized spacial score (nSPS) is 10.9. The monoisotopic (exact) mass is 256 g/mol. The van der Waals surface area contributed by atoms with E-state index in [0.29, 0.717) is 5.92 Å². The van der Waals surface area contributed by atoms with Crippen molar-refractivity contribution in [3.63, 3.8) is 0 Å². The zero-order valence-corrected chi connectivity index (χ0v) is 11.5. The van der Waals surface area contributed by atoms with Gasteiger partial charge in [0.2, 0.25) is 0 Å². The van der Waals surface area contributed by atoms with Crippen molar-refractivity contribution < 1.29 is 0 Å². The summed E-state index contributed by atoms with van der Waals surface area (Å²) >= 11 is 0. The summed E-state index contributed by atoms with van der Waals surface area (Å²) in [5, 5.41) is 0. The number of nitrogens with zero attached hydrogens (tertiary/aromatic N) is 1. The van der Waals surface area contributed by atoms with E-state index in [2.05, 4.69) is 35.9 Å². The molecule has 0 saturated heterocycles. The molecule has 0 radical (unpaired) electrons. The standard InChI is InChI=1S/C16H20N2O/c1-12(2)10-14-11-16(19)18-15(17-14)9-8-13-6-4-3-5-7-13/h3-7,11-12H,8-10H2,1-2H3,(H,17,18,19). The summed E-state index contributed by atoms with van der Waals surface area (Å²) in [6.45, 7) is 4.26.